The number of aliphatic hydroxyl groups is 1. The molecule has 1 atom stereocenters. The lowest BCUT2D eigenvalue weighted by Gasteiger charge is -2.13. The molecular formula is C16H21NO3S. The minimum atomic E-state index is -0.231. The molecule has 0 fully saturated rings. The van der Waals surface area contributed by atoms with Crippen LogP contribution in [-0.2, 0) is 0 Å². The summed E-state index contributed by atoms with van der Waals surface area (Å²) >= 11 is 1.79. The molecule has 2 N–H and O–H groups in total. The first kappa shape index (κ1) is 17.4. The maximum Gasteiger partial charge on any atom is 0.251 e. The van der Waals surface area contributed by atoms with Gasteiger partial charge in [-0.1, -0.05) is 18.8 Å². The molecule has 0 saturated heterocycles. The fourth-order valence-corrected chi connectivity index (χ4v) is 2.40. The highest BCUT2D eigenvalue weighted by Crippen LogP contribution is 2.19. The van der Waals surface area contributed by atoms with Crippen LogP contribution in [0.5, 0.6) is 5.75 Å². The second-order valence-electron chi connectivity index (χ2n) is 4.41. The first-order valence-corrected chi connectivity index (χ1v) is 7.94. The van der Waals surface area contributed by atoms with Crippen molar-refractivity contribution in [3.63, 3.8) is 0 Å². The van der Waals surface area contributed by atoms with E-state index in [2.05, 4.69) is 24.1 Å². The molecule has 0 bridgehead atoms. The van der Waals surface area contributed by atoms with E-state index in [9.17, 15) is 4.79 Å². The third kappa shape index (κ3) is 5.70. The van der Waals surface area contributed by atoms with Gasteiger partial charge in [-0.15, -0.1) is 0 Å². The Labute approximate surface area is 130 Å². The van der Waals surface area contributed by atoms with Gasteiger partial charge in [0.2, 0.25) is 0 Å². The number of amides is 1. The first-order valence-electron chi connectivity index (χ1n) is 6.78. The zero-order valence-corrected chi connectivity index (χ0v) is 13.4. The Morgan fingerprint density at radius 3 is 2.90 bits per heavy atom. The van der Waals surface area contributed by atoms with Crippen molar-refractivity contribution in [3.05, 3.63) is 29.3 Å². The van der Waals surface area contributed by atoms with Gasteiger partial charge in [0.05, 0.1) is 12.7 Å². The van der Waals surface area contributed by atoms with E-state index in [-0.39, 0.29) is 18.6 Å². The van der Waals surface area contributed by atoms with E-state index in [1.807, 2.05) is 6.92 Å². The average Bonchev–Trinajstić information content (AvgIpc) is 2.50. The van der Waals surface area contributed by atoms with Crippen LogP contribution in [0.25, 0.3) is 0 Å². The van der Waals surface area contributed by atoms with E-state index >= 15 is 0 Å². The summed E-state index contributed by atoms with van der Waals surface area (Å²) < 4.78 is 5.19. The molecule has 0 aromatic heterocycles. The number of carbonyl (C=O) groups excluding carboxylic acids is 1. The van der Waals surface area contributed by atoms with Crippen molar-refractivity contribution in [2.24, 2.45) is 0 Å². The molecule has 1 aromatic carbocycles. The fraction of sp³-hybridized carbons (Fsp3) is 0.438. The number of hydrogen-bond acceptors (Lipinski definition) is 4. The summed E-state index contributed by atoms with van der Waals surface area (Å²) in [4.78, 5) is 12.2. The summed E-state index contributed by atoms with van der Waals surface area (Å²) in [6, 6.07) is 5.20. The molecule has 1 unspecified atom stereocenters. The molecule has 0 aliphatic rings. The van der Waals surface area contributed by atoms with Crippen LogP contribution in [0.15, 0.2) is 18.2 Å². The van der Waals surface area contributed by atoms with Crippen molar-refractivity contribution in [3.8, 4) is 17.6 Å². The summed E-state index contributed by atoms with van der Waals surface area (Å²) in [6.45, 7) is 3.84. The average molecular weight is 307 g/mol. The van der Waals surface area contributed by atoms with Crippen LogP contribution in [-0.4, -0.2) is 42.3 Å². The largest absolute Gasteiger partial charge is 0.495 e. The third-order valence-electron chi connectivity index (χ3n) is 2.71. The minimum absolute atomic E-state index is 0.108. The molecule has 5 heteroatoms. The highest BCUT2D eigenvalue weighted by Gasteiger charge is 2.12. The van der Waals surface area contributed by atoms with E-state index in [1.54, 1.807) is 37.1 Å². The van der Waals surface area contributed by atoms with Gasteiger partial charge in [-0.05, 0) is 30.9 Å². The van der Waals surface area contributed by atoms with Crippen LogP contribution in [0, 0.1) is 11.8 Å². The van der Waals surface area contributed by atoms with Crippen LogP contribution < -0.4 is 10.1 Å². The van der Waals surface area contributed by atoms with Crippen molar-refractivity contribution in [1.29, 1.82) is 0 Å². The molecule has 4 nitrogen and oxygen atoms in total. The molecule has 0 aliphatic heterocycles. The van der Waals surface area contributed by atoms with Gasteiger partial charge in [0, 0.05) is 17.4 Å². The Morgan fingerprint density at radius 1 is 1.52 bits per heavy atom. The maximum absolute atomic E-state index is 12.2. The molecule has 0 spiro atoms. The van der Waals surface area contributed by atoms with Gasteiger partial charge in [-0.2, -0.15) is 11.8 Å². The number of thioether (sulfide) groups is 1. The van der Waals surface area contributed by atoms with E-state index in [1.165, 1.54) is 0 Å². The zero-order chi connectivity index (χ0) is 15.7. The van der Waals surface area contributed by atoms with Gasteiger partial charge in [-0.25, -0.2) is 0 Å². The van der Waals surface area contributed by atoms with Gasteiger partial charge >= 0.3 is 0 Å². The summed E-state index contributed by atoms with van der Waals surface area (Å²) in [5.74, 6) is 7.72. The molecule has 0 saturated carbocycles. The van der Waals surface area contributed by atoms with Gasteiger partial charge in [0.15, 0.2) is 0 Å². The predicted octanol–water partition coefficient (Wildman–Crippen LogP) is 1.91. The van der Waals surface area contributed by atoms with Crippen LogP contribution >= 0.6 is 11.8 Å². The molecule has 0 heterocycles. The van der Waals surface area contributed by atoms with Crippen molar-refractivity contribution in [2.75, 3.05) is 25.2 Å². The minimum Gasteiger partial charge on any atom is -0.495 e. The number of nitrogens with one attached hydrogen (secondary N) is 1. The number of methoxy groups -OCH3 is 1. The second kappa shape index (κ2) is 9.32. The predicted molar refractivity (Wildman–Crippen MR) is 86.9 cm³/mol. The van der Waals surface area contributed by atoms with E-state index in [0.29, 0.717) is 16.9 Å². The Balaban J connectivity index is 2.85. The molecule has 21 heavy (non-hydrogen) atoms. The summed E-state index contributed by atoms with van der Waals surface area (Å²) in [7, 11) is 1.54. The lowest BCUT2D eigenvalue weighted by Crippen LogP contribution is -2.34. The van der Waals surface area contributed by atoms with Crippen LogP contribution in [0.2, 0.25) is 0 Å². The third-order valence-corrected chi connectivity index (χ3v) is 3.86. The highest BCUT2D eigenvalue weighted by molar-refractivity contribution is 7.99. The number of ether oxygens (including phenoxy) is 1. The Hall–Kier alpha value is -1.64. The van der Waals surface area contributed by atoms with Crippen molar-refractivity contribution < 1.29 is 14.6 Å². The standard InChI is InChI=1S/C16H21NO3S/c1-4-21-11-12(2)17-16(19)14-7-8-15(20-3)13(10-14)6-5-9-18/h7-8,10,12,18H,4,9,11H2,1-3H3,(H,17,19). The number of hydrogen-bond donors (Lipinski definition) is 2. The molecule has 1 aromatic rings. The van der Waals surface area contributed by atoms with Crippen molar-refractivity contribution in [1.82, 2.24) is 5.32 Å². The SMILES string of the molecule is CCSCC(C)NC(=O)c1ccc(OC)c(C#CCO)c1. The van der Waals surface area contributed by atoms with Crippen molar-refractivity contribution >= 4 is 17.7 Å². The topological polar surface area (TPSA) is 58.6 Å². The fourth-order valence-electron chi connectivity index (χ4n) is 1.73. The number of aliphatic hydroxyl groups excluding tert-OH is 1. The van der Waals surface area contributed by atoms with Gasteiger partial charge in [-0.3, -0.25) is 4.79 Å². The lowest BCUT2D eigenvalue weighted by molar-refractivity contribution is 0.0943. The first-order chi connectivity index (χ1) is 10.1. The molecule has 0 aliphatic carbocycles. The molecule has 0 radical (unpaired) electrons. The Kier molecular flexibility index (Phi) is 7.73. The molecule has 1 amide bonds. The quantitative estimate of drug-likeness (QED) is 0.788. The zero-order valence-electron chi connectivity index (χ0n) is 12.6. The van der Waals surface area contributed by atoms with Crippen LogP contribution in [0.1, 0.15) is 29.8 Å². The number of benzene rings is 1. The van der Waals surface area contributed by atoms with E-state index < -0.39 is 0 Å². The Bertz CT molecular complexity index is 534. The number of carbonyl (C=O) groups is 1. The lowest BCUT2D eigenvalue weighted by atomic mass is 10.1. The van der Waals surface area contributed by atoms with E-state index in [4.69, 9.17) is 9.84 Å². The second-order valence-corrected chi connectivity index (χ2v) is 5.73. The maximum atomic E-state index is 12.2. The van der Waals surface area contributed by atoms with Gasteiger partial charge < -0.3 is 15.2 Å². The van der Waals surface area contributed by atoms with Gasteiger partial charge in [0.25, 0.3) is 5.91 Å². The smallest absolute Gasteiger partial charge is 0.251 e. The summed E-state index contributed by atoms with van der Waals surface area (Å²) in [5.41, 5.74) is 1.13. The molecule has 1 rings (SSSR count). The number of rotatable bonds is 6. The van der Waals surface area contributed by atoms with Crippen LogP contribution in [0.3, 0.4) is 0 Å². The normalized spacial score (nSPS) is 11.2. The highest BCUT2D eigenvalue weighted by atomic mass is 32.2. The monoisotopic (exact) mass is 307 g/mol. The van der Waals surface area contributed by atoms with Crippen LogP contribution in [0.4, 0.5) is 0 Å². The summed E-state index contributed by atoms with van der Waals surface area (Å²) in [5, 5.41) is 11.7. The summed E-state index contributed by atoms with van der Waals surface area (Å²) in [6.07, 6.45) is 0. The Morgan fingerprint density at radius 2 is 2.29 bits per heavy atom. The molecular weight excluding hydrogens is 286 g/mol. The van der Waals surface area contributed by atoms with E-state index in [0.717, 1.165) is 11.5 Å². The molecule has 114 valence electrons. The van der Waals surface area contributed by atoms with Gasteiger partial charge in [0.1, 0.15) is 12.4 Å². The van der Waals surface area contributed by atoms with Crippen molar-refractivity contribution in [2.45, 2.75) is 19.9 Å².